The molecule has 27 heavy (non-hydrogen) atoms. The zero-order valence-electron chi connectivity index (χ0n) is 15.4. The first kappa shape index (κ1) is 18.6. The van der Waals surface area contributed by atoms with Crippen molar-refractivity contribution in [1.29, 1.82) is 0 Å². The smallest absolute Gasteiger partial charge is 0.255 e. The van der Waals surface area contributed by atoms with E-state index in [1.807, 2.05) is 30.3 Å². The summed E-state index contributed by atoms with van der Waals surface area (Å²) in [7, 11) is 0. The van der Waals surface area contributed by atoms with Crippen LogP contribution in [0.5, 0.6) is 0 Å². The molecule has 0 aliphatic heterocycles. The Morgan fingerprint density at radius 3 is 2.48 bits per heavy atom. The Hall–Kier alpha value is -3.21. The number of benzene rings is 2. The molecule has 1 aromatic heterocycles. The third kappa shape index (κ3) is 4.70. The topological polar surface area (TPSA) is 71.1 Å². The maximum atomic E-state index is 12.7. The van der Waals surface area contributed by atoms with E-state index in [0.29, 0.717) is 23.4 Å². The summed E-state index contributed by atoms with van der Waals surface area (Å²) in [4.78, 5) is 29.3. The van der Waals surface area contributed by atoms with Crippen molar-refractivity contribution >= 4 is 28.4 Å². The first-order valence-corrected chi connectivity index (χ1v) is 9.22. The van der Waals surface area contributed by atoms with E-state index in [2.05, 4.69) is 22.5 Å². The van der Waals surface area contributed by atoms with Gasteiger partial charge in [-0.05, 0) is 36.8 Å². The third-order valence-electron chi connectivity index (χ3n) is 4.33. The first-order chi connectivity index (χ1) is 13.2. The average Bonchev–Trinajstić information content (AvgIpc) is 2.71. The number of hydrogen-bond acceptors (Lipinski definition) is 3. The van der Waals surface area contributed by atoms with Gasteiger partial charge in [-0.25, -0.2) is 0 Å². The molecule has 1 heterocycles. The standard InChI is InChI=1S/C22H23N3O2/c1-2-3-4-13-24-21(26)17-9-5-10-18(15-17)22(27)25-19-12-6-8-16-11-7-14-23-20(16)19/h5-12,14-15H,2-4,13H2,1H3,(H,24,26)(H,25,27). The monoisotopic (exact) mass is 361 g/mol. The highest BCUT2D eigenvalue weighted by Crippen LogP contribution is 2.21. The fourth-order valence-electron chi connectivity index (χ4n) is 2.88. The molecule has 0 radical (unpaired) electrons. The van der Waals surface area contributed by atoms with Crippen molar-refractivity contribution in [1.82, 2.24) is 10.3 Å². The second-order valence-electron chi connectivity index (χ2n) is 6.38. The molecule has 0 aliphatic carbocycles. The van der Waals surface area contributed by atoms with Crippen LogP contribution in [0.25, 0.3) is 10.9 Å². The Labute approximate surface area is 158 Å². The lowest BCUT2D eigenvalue weighted by Gasteiger charge is -2.09. The molecule has 0 aliphatic rings. The van der Waals surface area contributed by atoms with Crippen molar-refractivity contribution in [3.63, 3.8) is 0 Å². The Bertz CT molecular complexity index is 948. The Morgan fingerprint density at radius 1 is 0.926 bits per heavy atom. The van der Waals surface area contributed by atoms with Crippen molar-refractivity contribution in [2.75, 3.05) is 11.9 Å². The van der Waals surface area contributed by atoms with Crippen molar-refractivity contribution < 1.29 is 9.59 Å². The van der Waals surface area contributed by atoms with Gasteiger partial charge in [-0.2, -0.15) is 0 Å². The fraction of sp³-hybridized carbons (Fsp3) is 0.227. The molecule has 2 aromatic carbocycles. The molecule has 0 unspecified atom stereocenters. The highest BCUT2D eigenvalue weighted by molar-refractivity contribution is 6.09. The highest BCUT2D eigenvalue weighted by Gasteiger charge is 2.12. The molecule has 2 amide bonds. The molecule has 5 nitrogen and oxygen atoms in total. The third-order valence-corrected chi connectivity index (χ3v) is 4.33. The maximum Gasteiger partial charge on any atom is 0.255 e. The van der Waals surface area contributed by atoms with Crippen LogP contribution in [0.4, 0.5) is 5.69 Å². The highest BCUT2D eigenvalue weighted by atomic mass is 16.2. The quantitative estimate of drug-likeness (QED) is 0.613. The number of aromatic nitrogens is 1. The summed E-state index contributed by atoms with van der Waals surface area (Å²) in [5, 5.41) is 6.74. The summed E-state index contributed by atoms with van der Waals surface area (Å²) in [6, 6.07) is 16.2. The van der Waals surface area contributed by atoms with Gasteiger partial charge in [0.1, 0.15) is 0 Å². The van der Waals surface area contributed by atoms with Gasteiger partial charge >= 0.3 is 0 Å². The van der Waals surface area contributed by atoms with Crippen molar-refractivity contribution in [3.8, 4) is 0 Å². The van der Waals surface area contributed by atoms with E-state index >= 15 is 0 Å². The van der Waals surface area contributed by atoms with Crippen LogP contribution in [0.2, 0.25) is 0 Å². The molecular weight excluding hydrogens is 338 g/mol. The molecule has 3 rings (SSSR count). The summed E-state index contributed by atoms with van der Waals surface area (Å²) in [5.41, 5.74) is 2.30. The molecule has 0 saturated carbocycles. The van der Waals surface area contributed by atoms with E-state index in [1.54, 1.807) is 30.5 Å². The molecule has 0 fully saturated rings. The number of pyridine rings is 1. The van der Waals surface area contributed by atoms with E-state index in [9.17, 15) is 9.59 Å². The number of carbonyl (C=O) groups excluding carboxylic acids is 2. The van der Waals surface area contributed by atoms with Crippen LogP contribution in [0, 0.1) is 0 Å². The molecule has 0 saturated heterocycles. The molecule has 0 spiro atoms. The van der Waals surface area contributed by atoms with Crippen LogP contribution in [-0.4, -0.2) is 23.3 Å². The van der Waals surface area contributed by atoms with Gasteiger partial charge in [0.15, 0.2) is 0 Å². The number of unbranched alkanes of at least 4 members (excludes halogenated alkanes) is 2. The van der Waals surface area contributed by atoms with Gasteiger partial charge in [-0.1, -0.05) is 44.0 Å². The lowest BCUT2D eigenvalue weighted by atomic mass is 10.1. The van der Waals surface area contributed by atoms with Crippen LogP contribution >= 0.6 is 0 Å². The molecule has 5 heteroatoms. The predicted molar refractivity (Wildman–Crippen MR) is 108 cm³/mol. The fourth-order valence-corrected chi connectivity index (χ4v) is 2.88. The van der Waals surface area contributed by atoms with Crippen molar-refractivity contribution in [2.24, 2.45) is 0 Å². The van der Waals surface area contributed by atoms with Gasteiger partial charge in [-0.3, -0.25) is 14.6 Å². The lowest BCUT2D eigenvalue weighted by Crippen LogP contribution is -2.24. The Morgan fingerprint density at radius 2 is 1.67 bits per heavy atom. The normalized spacial score (nSPS) is 10.6. The molecule has 138 valence electrons. The lowest BCUT2D eigenvalue weighted by molar-refractivity contribution is 0.0953. The zero-order chi connectivity index (χ0) is 19.1. The van der Waals surface area contributed by atoms with Crippen molar-refractivity contribution in [2.45, 2.75) is 26.2 Å². The van der Waals surface area contributed by atoms with Gasteiger partial charge < -0.3 is 10.6 Å². The summed E-state index contributed by atoms with van der Waals surface area (Å²) in [6.07, 6.45) is 4.84. The molecule has 2 N–H and O–H groups in total. The summed E-state index contributed by atoms with van der Waals surface area (Å²) in [6.45, 7) is 2.76. The summed E-state index contributed by atoms with van der Waals surface area (Å²) in [5.74, 6) is -0.429. The number of fused-ring (bicyclic) bond motifs is 1. The van der Waals surface area contributed by atoms with E-state index in [-0.39, 0.29) is 11.8 Å². The number of rotatable bonds is 7. The zero-order valence-corrected chi connectivity index (χ0v) is 15.4. The van der Waals surface area contributed by atoms with E-state index < -0.39 is 0 Å². The first-order valence-electron chi connectivity index (χ1n) is 9.22. The van der Waals surface area contributed by atoms with Gasteiger partial charge in [-0.15, -0.1) is 0 Å². The SMILES string of the molecule is CCCCCNC(=O)c1cccc(C(=O)Nc2cccc3cccnc23)c1. The maximum absolute atomic E-state index is 12.7. The largest absolute Gasteiger partial charge is 0.352 e. The number of anilines is 1. The second-order valence-corrected chi connectivity index (χ2v) is 6.38. The number of amides is 2. The van der Waals surface area contributed by atoms with Gasteiger partial charge in [0, 0.05) is 29.3 Å². The minimum atomic E-state index is -0.270. The number of nitrogens with one attached hydrogen (secondary N) is 2. The predicted octanol–water partition coefficient (Wildman–Crippen LogP) is 4.41. The van der Waals surface area contributed by atoms with Crippen LogP contribution in [0.15, 0.2) is 60.8 Å². The van der Waals surface area contributed by atoms with E-state index in [0.717, 1.165) is 30.2 Å². The number of nitrogens with zero attached hydrogens (tertiary/aromatic N) is 1. The van der Waals surface area contributed by atoms with E-state index in [1.165, 1.54) is 0 Å². The summed E-state index contributed by atoms with van der Waals surface area (Å²) < 4.78 is 0. The van der Waals surface area contributed by atoms with Crippen LogP contribution in [-0.2, 0) is 0 Å². The van der Waals surface area contributed by atoms with E-state index in [4.69, 9.17) is 0 Å². The minimum absolute atomic E-state index is 0.160. The Kier molecular flexibility index (Phi) is 6.15. The number of para-hydroxylation sites is 1. The van der Waals surface area contributed by atoms with Crippen LogP contribution < -0.4 is 10.6 Å². The van der Waals surface area contributed by atoms with Crippen LogP contribution in [0.3, 0.4) is 0 Å². The Balaban J connectivity index is 1.72. The average molecular weight is 361 g/mol. The second kappa shape index (κ2) is 8.94. The summed E-state index contributed by atoms with van der Waals surface area (Å²) >= 11 is 0. The van der Waals surface area contributed by atoms with Gasteiger partial charge in [0.2, 0.25) is 0 Å². The minimum Gasteiger partial charge on any atom is -0.352 e. The number of hydrogen-bond donors (Lipinski definition) is 2. The van der Waals surface area contributed by atoms with Crippen molar-refractivity contribution in [3.05, 3.63) is 71.9 Å². The van der Waals surface area contributed by atoms with Gasteiger partial charge in [0.05, 0.1) is 11.2 Å². The van der Waals surface area contributed by atoms with Crippen LogP contribution in [0.1, 0.15) is 46.9 Å². The molecular formula is C22H23N3O2. The number of carbonyl (C=O) groups is 2. The van der Waals surface area contributed by atoms with Gasteiger partial charge in [0.25, 0.3) is 11.8 Å². The molecule has 0 bridgehead atoms. The molecule has 3 aromatic rings. The molecule has 0 atom stereocenters.